The molecule has 0 radical (unpaired) electrons. The van der Waals surface area contributed by atoms with Crippen LogP contribution in [0.5, 0.6) is 5.75 Å². The van der Waals surface area contributed by atoms with Gasteiger partial charge in [-0.1, -0.05) is 32.4 Å². The molecule has 2 N–H and O–H groups in total. The van der Waals surface area contributed by atoms with Crippen molar-refractivity contribution in [2.75, 3.05) is 13.7 Å². The van der Waals surface area contributed by atoms with E-state index in [1.54, 1.807) is 7.11 Å². The Morgan fingerprint density at radius 1 is 1.21 bits per heavy atom. The fourth-order valence-electron chi connectivity index (χ4n) is 2.11. The van der Waals surface area contributed by atoms with Gasteiger partial charge >= 0.3 is 0 Å². The molecule has 3 heteroatoms. The molecule has 1 aromatic carbocycles. The third-order valence-electron chi connectivity index (χ3n) is 3.61. The standard InChI is InChI=1S/C16H27NO2/c1-5-12(2)10-13(3)17-11-16(18)14-6-8-15(19-4)9-7-14/h6-9,12-13,16-18H,5,10-11H2,1-4H3. The summed E-state index contributed by atoms with van der Waals surface area (Å²) in [6, 6.07) is 8.00. The van der Waals surface area contributed by atoms with Crippen LogP contribution in [-0.2, 0) is 0 Å². The Morgan fingerprint density at radius 2 is 1.84 bits per heavy atom. The van der Waals surface area contributed by atoms with Gasteiger partial charge in [-0.25, -0.2) is 0 Å². The number of benzene rings is 1. The van der Waals surface area contributed by atoms with Crippen molar-refractivity contribution in [2.24, 2.45) is 5.92 Å². The number of hydrogen-bond donors (Lipinski definition) is 2. The Bertz CT molecular complexity index is 350. The van der Waals surface area contributed by atoms with E-state index in [2.05, 4.69) is 26.1 Å². The largest absolute Gasteiger partial charge is 0.497 e. The van der Waals surface area contributed by atoms with Crippen molar-refractivity contribution in [2.45, 2.75) is 45.8 Å². The van der Waals surface area contributed by atoms with E-state index >= 15 is 0 Å². The number of aliphatic hydroxyl groups excluding tert-OH is 1. The minimum atomic E-state index is -0.467. The molecule has 108 valence electrons. The highest BCUT2D eigenvalue weighted by Crippen LogP contribution is 2.17. The van der Waals surface area contributed by atoms with Crippen LogP contribution in [0.3, 0.4) is 0 Å². The van der Waals surface area contributed by atoms with Crippen LogP contribution in [0.25, 0.3) is 0 Å². The first kappa shape index (κ1) is 16.0. The second-order valence-corrected chi connectivity index (χ2v) is 5.35. The van der Waals surface area contributed by atoms with Crippen LogP contribution in [0.4, 0.5) is 0 Å². The molecule has 1 aromatic rings. The van der Waals surface area contributed by atoms with Crippen LogP contribution in [0.15, 0.2) is 24.3 Å². The van der Waals surface area contributed by atoms with Gasteiger partial charge in [0.15, 0.2) is 0 Å². The van der Waals surface area contributed by atoms with Gasteiger partial charge in [0.1, 0.15) is 5.75 Å². The number of rotatable bonds is 8. The van der Waals surface area contributed by atoms with Gasteiger partial charge in [0.05, 0.1) is 13.2 Å². The van der Waals surface area contributed by atoms with E-state index in [0.717, 1.165) is 23.7 Å². The molecule has 0 spiro atoms. The SMILES string of the molecule is CCC(C)CC(C)NCC(O)c1ccc(OC)cc1. The molecule has 19 heavy (non-hydrogen) atoms. The van der Waals surface area contributed by atoms with Crippen LogP contribution in [0.1, 0.15) is 45.3 Å². The van der Waals surface area contributed by atoms with E-state index < -0.39 is 6.10 Å². The van der Waals surface area contributed by atoms with Gasteiger partial charge in [-0.15, -0.1) is 0 Å². The van der Waals surface area contributed by atoms with E-state index in [1.807, 2.05) is 24.3 Å². The Labute approximate surface area is 117 Å². The minimum absolute atomic E-state index is 0.433. The van der Waals surface area contributed by atoms with Crippen LogP contribution >= 0.6 is 0 Å². The van der Waals surface area contributed by atoms with Crippen LogP contribution < -0.4 is 10.1 Å². The van der Waals surface area contributed by atoms with Gasteiger partial charge in [0, 0.05) is 12.6 Å². The van der Waals surface area contributed by atoms with Crippen molar-refractivity contribution >= 4 is 0 Å². The molecule has 1 rings (SSSR count). The summed E-state index contributed by atoms with van der Waals surface area (Å²) in [7, 11) is 1.64. The summed E-state index contributed by atoms with van der Waals surface area (Å²) in [5.41, 5.74) is 0.920. The fourth-order valence-corrected chi connectivity index (χ4v) is 2.11. The maximum absolute atomic E-state index is 10.1. The topological polar surface area (TPSA) is 41.5 Å². The molecule has 0 aliphatic rings. The van der Waals surface area contributed by atoms with E-state index in [4.69, 9.17) is 4.74 Å². The Balaban J connectivity index is 2.39. The maximum Gasteiger partial charge on any atom is 0.118 e. The highest BCUT2D eigenvalue weighted by Gasteiger charge is 2.11. The second kappa shape index (κ2) is 8.18. The lowest BCUT2D eigenvalue weighted by Crippen LogP contribution is -2.31. The molecule has 0 saturated carbocycles. The molecule has 3 nitrogen and oxygen atoms in total. The first-order chi connectivity index (χ1) is 9.06. The molecular formula is C16H27NO2. The lowest BCUT2D eigenvalue weighted by Gasteiger charge is -2.20. The molecule has 3 unspecified atom stereocenters. The predicted molar refractivity (Wildman–Crippen MR) is 79.5 cm³/mol. The predicted octanol–water partition coefficient (Wildman–Crippen LogP) is 3.14. The second-order valence-electron chi connectivity index (χ2n) is 5.35. The molecular weight excluding hydrogens is 238 g/mol. The Kier molecular flexibility index (Phi) is 6.89. The fraction of sp³-hybridized carbons (Fsp3) is 0.625. The monoisotopic (exact) mass is 265 g/mol. The van der Waals surface area contributed by atoms with Crippen LogP contribution in [-0.4, -0.2) is 24.8 Å². The summed E-state index contributed by atoms with van der Waals surface area (Å²) in [6.45, 7) is 7.23. The van der Waals surface area contributed by atoms with Gasteiger partial charge in [-0.3, -0.25) is 0 Å². The summed E-state index contributed by atoms with van der Waals surface area (Å²) >= 11 is 0. The first-order valence-corrected chi connectivity index (χ1v) is 7.12. The number of ether oxygens (including phenoxy) is 1. The summed E-state index contributed by atoms with van der Waals surface area (Å²) in [5.74, 6) is 1.54. The number of methoxy groups -OCH3 is 1. The number of hydrogen-bond acceptors (Lipinski definition) is 3. The molecule has 0 amide bonds. The molecule has 0 aliphatic heterocycles. The molecule has 3 atom stereocenters. The van der Waals surface area contributed by atoms with E-state index in [-0.39, 0.29) is 0 Å². The van der Waals surface area contributed by atoms with Gasteiger partial charge < -0.3 is 15.2 Å². The van der Waals surface area contributed by atoms with Gasteiger partial charge in [0.2, 0.25) is 0 Å². The van der Waals surface area contributed by atoms with E-state index in [9.17, 15) is 5.11 Å². The summed E-state index contributed by atoms with van der Waals surface area (Å²) in [6.07, 6.45) is 1.88. The lowest BCUT2D eigenvalue weighted by atomic mass is 10.00. The molecule has 0 bridgehead atoms. The van der Waals surface area contributed by atoms with Crippen LogP contribution in [0, 0.1) is 5.92 Å². The van der Waals surface area contributed by atoms with Gasteiger partial charge in [-0.05, 0) is 37.0 Å². The molecule has 0 fully saturated rings. The van der Waals surface area contributed by atoms with Gasteiger partial charge in [-0.2, -0.15) is 0 Å². The third kappa shape index (κ3) is 5.62. The normalized spacial score (nSPS) is 15.8. The van der Waals surface area contributed by atoms with Crippen LogP contribution in [0.2, 0.25) is 0 Å². The van der Waals surface area contributed by atoms with E-state index in [0.29, 0.717) is 12.6 Å². The molecule has 0 heterocycles. The molecule has 0 saturated heterocycles. The Morgan fingerprint density at radius 3 is 2.37 bits per heavy atom. The lowest BCUT2D eigenvalue weighted by molar-refractivity contribution is 0.168. The van der Waals surface area contributed by atoms with Crippen molar-refractivity contribution in [1.29, 1.82) is 0 Å². The molecule has 0 aliphatic carbocycles. The van der Waals surface area contributed by atoms with Gasteiger partial charge in [0.25, 0.3) is 0 Å². The van der Waals surface area contributed by atoms with E-state index in [1.165, 1.54) is 6.42 Å². The maximum atomic E-state index is 10.1. The zero-order valence-electron chi connectivity index (χ0n) is 12.5. The molecule has 0 aromatic heterocycles. The summed E-state index contributed by atoms with van der Waals surface area (Å²) < 4.78 is 5.11. The average Bonchev–Trinajstić information content (AvgIpc) is 2.44. The number of nitrogens with one attached hydrogen (secondary N) is 1. The Hall–Kier alpha value is -1.06. The van der Waals surface area contributed by atoms with Crippen molar-refractivity contribution in [3.8, 4) is 5.75 Å². The highest BCUT2D eigenvalue weighted by molar-refractivity contribution is 5.28. The third-order valence-corrected chi connectivity index (χ3v) is 3.61. The first-order valence-electron chi connectivity index (χ1n) is 7.12. The number of aliphatic hydroxyl groups is 1. The minimum Gasteiger partial charge on any atom is -0.497 e. The smallest absolute Gasteiger partial charge is 0.118 e. The average molecular weight is 265 g/mol. The quantitative estimate of drug-likeness (QED) is 0.758. The summed E-state index contributed by atoms with van der Waals surface area (Å²) in [5, 5.41) is 13.5. The highest BCUT2D eigenvalue weighted by atomic mass is 16.5. The van der Waals surface area contributed by atoms with Crippen molar-refractivity contribution < 1.29 is 9.84 Å². The summed E-state index contributed by atoms with van der Waals surface area (Å²) in [4.78, 5) is 0. The van der Waals surface area contributed by atoms with Crippen molar-refractivity contribution in [1.82, 2.24) is 5.32 Å². The zero-order valence-corrected chi connectivity index (χ0v) is 12.5. The van der Waals surface area contributed by atoms with Crippen molar-refractivity contribution in [3.05, 3.63) is 29.8 Å². The van der Waals surface area contributed by atoms with Crippen molar-refractivity contribution in [3.63, 3.8) is 0 Å². The zero-order chi connectivity index (χ0) is 14.3.